The first-order chi connectivity index (χ1) is 5.00. The second kappa shape index (κ2) is 3.91. The van der Waals surface area contributed by atoms with Gasteiger partial charge in [-0.15, -0.1) is 0 Å². The van der Waals surface area contributed by atoms with Gasteiger partial charge in [0.1, 0.15) is 0 Å². The fraction of sp³-hybridized carbons (Fsp3) is 0.800. The quantitative estimate of drug-likeness (QED) is 0.486. The first kappa shape index (κ1) is 10.7. The predicted octanol–water partition coefficient (Wildman–Crippen LogP) is 2.68. The Balaban J connectivity index is 0.000000461. The summed E-state index contributed by atoms with van der Waals surface area (Å²) in [6, 6.07) is 0. The highest BCUT2D eigenvalue weighted by atomic mass is 15.2. The third-order valence-electron chi connectivity index (χ3n) is 1.78. The van der Waals surface area contributed by atoms with Crippen molar-refractivity contribution >= 4 is 0 Å². The van der Waals surface area contributed by atoms with Crippen LogP contribution in [-0.4, -0.2) is 23.5 Å². The van der Waals surface area contributed by atoms with Crippen LogP contribution >= 0.6 is 0 Å². The summed E-state index contributed by atoms with van der Waals surface area (Å²) >= 11 is 0. The van der Waals surface area contributed by atoms with Gasteiger partial charge < -0.3 is 0 Å². The third-order valence-corrected chi connectivity index (χ3v) is 1.78. The molecule has 66 valence electrons. The van der Waals surface area contributed by atoms with E-state index in [1.54, 1.807) is 0 Å². The Bertz CT molecular complexity index is 122. The molecule has 1 rings (SSSR count). The number of hydrogen-bond donors (Lipinski definition) is 0. The molecule has 11 heavy (non-hydrogen) atoms. The average Bonchev–Trinajstić information content (AvgIpc) is 1.84. The molecule has 0 atom stereocenters. The van der Waals surface area contributed by atoms with Crippen LogP contribution in [0.4, 0.5) is 0 Å². The standard InChI is InChI=1S/C8H15N.C2H6/c1-7-5-9(6-7)8(2,3)4;1-2/h1,5-6H2,2-4H3;1-2H3. The van der Waals surface area contributed by atoms with Crippen LogP contribution in [0.1, 0.15) is 34.6 Å². The molecule has 1 heteroatoms. The van der Waals surface area contributed by atoms with E-state index in [0.717, 1.165) is 13.1 Å². The smallest absolute Gasteiger partial charge is 0.0211 e. The SMILES string of the molecule is C=C1CN(C(C)(C)C)C1.CC. The second-order valence-corrected chi connectivity index (χ2v) is 3.78. The van der Waals surface area contributed by atoms with Gasteiger partial charge in [0, 0.05) is 18.6 Å². The molecule has 0 N–H and O–H groups in total. The predicted molar refractivity (Wildman–Crippen MR) is 51.8 cm³/mol. The van der Waals surface area contributed by atoms with E-state index in [2.05, 4.69) is 32.3 Å². The zero-order chi connectivity index (χ0) is 9.07. The molecule has 0 aromatic heterocycles. The van der Waals surface area contributed by atoms with Crippen molar-refractivity contribution in [1.82, 2.24) is 4.90 Å². The van der Waals surface area contributed by atoms with Crippen molar-refractivity contribution in [3.63, 3.8) is 0 Å². The van der Waals surface area contributed by atoms with Gasteiger partial charge in [-0.05, 0) is 26.3 Å². The Morgan fingerprint density at radius 3 is 1.64 bits per heavy atom. The summed E-state index contributed by atoms with van der Waals surface area (Å²) in [4.78, 5) is 2.41. The number of nitrogens with zero attached hydrogens (tertiary/aromatic N) is 1. The maximum atomic E-state index is 3.88. The van der Waals surface area contributed by atoms with Crippen molar-refractivity contribution in [1.29, 1.82) is 0 Å². The Hall–Kier alpha value is -0.300. The maximum Gasteiger partial charge on any atom is 0.0211 e. The molecule has 1 aliphatic rings. The van der Waals surface area contributed by atoms with E-state index in [9.17, 15) is 0 Å². The van der Waals surface area contributed by atoms with Gasteiger partial charge in [0.05, 0.1) is 0 Å². The summed E-state index contributed by atoms with van der Waals surface area (Å²) < 4.78 is 0. The van der Waals surface area contributed by atoms with Crippen LogP contribution in [0.3, 0.4) is 0 Å². The Morgan fingerprint density at radius 2 is 1.55 bits per heavy atom. The van der Waals surface area contributed by atoms with E-state index >= 15 is 0 Å². The van der Waals surface area contributed by atoms with Gasteiger partial charge in [-0.1, -0.05) is 20.4 Å². The molecule has 0 saturated carbocycles. The van der Waals surface area contributed by atoms with Crippen LogP contribution < -0.4 is 0 Å². The van der Waals surface area contributed by atoms with E-state index in [0.29, 0.717) is 5.54 Å². The molecule has 0 aromatic rings. The molecule has 0 bridgehead atoms. The van der Waals surface area contributed by atoms with Crippen molar-refractivity contribution < 1.29 is 0 Å². The molecule has 0 spiro atoms. The van der Waals surface area contributed by atoms with Crippen molar-refractivity contribution in [2.24, 2.45) is 0 Å². The molecule has 1 saturated heterocycles. The molecule has 1 fully saturated rings. The first-order valence-corrected chi connectivity index (χ1v) is 4.42. The van der Waals surface area contributed by atoms with E-state index in [4.69, 9.17) is 0 Å². The molecule has 1 aliphatic heterocycles. The van der Waals surface area contributed by atoms with Crippen LogP contribution in [0.25, 0.3) is 0 Å². The fourth-order valence-electron chi connectivity index (χ4n) is 0.968. The lowest BCUT2D eigenvalue weighted by Crippen LogP contribution is -2.51. The zero-order valence-corrected chi connectivity index (χ0v) is 8.57. The van der Waals surface area contributed by atoms with Crippen LogP contribution in [-0.2, 0) is 0 Å². The lowest BCUT2D eigenvalue weighted by molar-refractivity contribution is 0.116. The molecule has 0 amide bonds. The van der Waals surface area contributed by atoms with Gasteiger partial charge >= 0.3 is 0 Å². The van der Waals surface area contributed by atoms with Gasteiger partial charge in [0.25, 0.3) is 0 Å². The number of hydrogen-bond acceptors (Lipinski definition) is 1. The first-order valence-electron chi connectivity index (χ1n) is 4.42. The summed E-state index contributed by atoms with van der Waals surface area (Å²) in [7, 11) is 0. The largest absolute Gasteiger partial charge is 0.291 e. The lowest BCUT2D eigenvalue weighted by Gasteiger charge is -2.43. The van der Waals surface area contributed by atoms with E-state index in [1.807, 2.05) is 13.8 Å². The highest BCUT2D eigenvalue weighted by Gasteiger charge is 2.28. The lowest BCUT2D eigenvalue weighted by atomic mass is 9.98. The van der Waals surface area contributed by atoms with Crippen LogP contribution in [0.15, 0.2) is 12.2 Å². The van der Waals surface area contributed by atoms with Crippen molar-refractivity contribution in [2.75, 3.05) is 13.1 Å². The maximum absolute atomic E-state index is 3.88. The molecule has 0 aliphatic carbocycles. The molecule has 1 heterocycles. The minimum atomic E-state index is 0.348. The molecule has 0 radical (unpaired) electrons. The van der Waals surface area contributed by atoms with Crippen molar-refractivity contribution in [3.05, 3.63) is 12.2 Å². The Kier molecular flexibility index (Phi) is 3.81. The van der Waals surface area contributed by atoms with Crippen molar-refractivity contribution in [2.45, 2.75) is 40.2 Å². The Morgan fingerprint density at radius 1 is 1.18 bits per heavy atom. The summed E-state index contributed by atoms with van der Waals surface area (Å²) in [6.07, 6.45) is 0. The summed E-state index contributed by atoms with van der Waals surface area (Å²) in [5, 5.41) is 0. The van der Waals surface area contributed by atoms with Crippen LogP contribution in [0, 0.1) is 0 Å². The topological polar surface area (TPSA) is 3.24 Å². The summed E-state index contributed by atoms with van der Waals surface area (Å²) in [5.74, 6) is 0. The van der Waals surface area contributed by atoms with E-state index in [-0.39, 0.29) is 0 Å². The van der Waals surface area contributed by atoms with Gasteiger partial charge in [-0.3, -0.25) is 4.90 Å². The molecule has 0 aromatic carbocycles. The van der Waals surface area contributed by atoms with E-state index < -0.39 is 0 Å². The van der Waals surface area contributed by atoms with Gasteiger partial charge in [-0.25, -0.2) is 0 Å². The van der Waals surface area contributed by atoms with Crippen molar-refractivity contribution in [3.8, 4) is 0 Å². The van der Waals surface area contributed by atoms with Gasteiger partial charge in [0.2, 0.25) is 0 Å². The normalized spacial score (nSPS) is 18.5. The van der Waals surface area contributed by atoms with Gasteiger partial charge in [-0.2, -0.15) is 0 Å². The highest BCUT2D eigenvalue weighted by molar-refractivity contribution is 5.12. The average molecular weight is 155 g/mol. The zero-order valence-electron chi connectivity index (χ0n) is 8.57. The molecular formula is C10H21N. The Labute approximate surface area is 71.1 Å². The third kappa shape index (κ3) is 3.06. The highest BCUT2D eigenvalue weighted by Crippen LogP contribution is 2.22. The van der Waals surface area contributed by atoms with Gasteiger partial charge in [0.15, 0.2) is 0 Å². The second-order valence-electron chi connectivity index (χ2n) is 3.78. The van der Waals surface area contributed by atoms with Crippen LogP contribution in [0.2, 0.25) is 0 Å². The molecular weight excluding hydrogens is 134 g/mol. The van der Waals surface area contributed by atoms with E-state index in [1.165, 1.54) is 5.57 Å². The summed E-state index contributed by atoms with van der Waals surface area (Å²) in [6.45, 7) is 16.8. The monoisotopic (exact) mass is 155 g/mol. The number of rotatable bonds is 0. The fourth-order valence-corrected chi connectivity index (χ4v) is 0.968. The van der Waals surface area contributed by atoms with Crippen LogP contribution in [0.5, 0.6) is 0 Å². The molecule has 1 nitrogen and oxygen atoms in total. The minimum absolute atomic E-state index is 0.348. The molecule has 0 unspecified atom stereocenters. The summed E-state index contributed by atoms with van der Waals surface area (Å²) in [5.41, 5.74) is 1.71. The number of likely N-dealkylation sites (tertiary alicyclic amines) is 1. The minimum Gasteiger partial charge on any atom is -0.291 e.